The predicted molar refractivity (Wildman–Crippen MR) is 142 cm³/mol. The van der Waals surface area contributed by atoms with Gasteiger partial charge in [-0.1, -0.05) is 43.1 Å². The number of hydrogen-bond acceptors (Lipinski definition) is 4. The van der Waals surface area contributed by atoms with Gasteiger partial charge < -0.3 is 14.5 Å². The first-order valence-corrected chi connectivity index (χ1v) is 13.2. The maximum atomic E-state index is 13.6. The van der Waals surface area contributed by atoms with E-state index in [9.17, 15) is 9.59 Å². The Labute approximate surface area is 220 Å². The van der Waals surface area contributed by atoms with Crippen LogP contribution in [0.15, 0.2) is 60.0 Å². The smallest absolute Gasteiger partial charge is 0.254 e. The van der Waals surface area contributed by atoms with Crippen molar-refractivity contribution in [3.05, 3.63) is 86.0 Å². The Balaban J connectivity index is 1.53. The van der Waals surface area contributed by atoms with Gasteiger partial charge in [0.05, 0.1) is 6.04 Å². The molecule has 0 bridgehead atoms. The van der Waals surface area contributed by atoms with Crippen molar-refractivity contribution in [2.75, 3.05) is 26.2 Å². The van der Waals surface area contributed by atoms with Crippen LogP contribution < -0.4 is 4.74 Å². The zero-order chi connectivity index (χ0) is 24.9. The minimum atomic E-state index is -0.227. The minimum absolute atomic E-state index is 0.000439. The average Bonchev–Trinajstić information content (AvgIpc) is 3.31. The number of ether oxygens (including phenoxy) is 1. The third-order valence-corrected chi connectivity index (χ3v) is 7.39. The molecule has 0 fully saturated rings. The van der Waals surface area contributed by atoms with Crippen LogP contribution in [0.25, 0.3) is 0 Å². The largest absolute Gasteiger partial charge is 0.491 e. The number of rotatable bonds is 8. The van der Waals surface area contributed by atoms with E-state index in [2.05, 4.69) is 11.4 Å². The SMILES string of the molecule is CC(C)CN(CC(=O)N1CCc2sccc2C1COc1ccc(Cl)cc1)C(=O)c1cccc(Cl)c1. The van der Waals surface area contributed by atoms with Crippen molar-refractivity contribution >= 4 is 46.4 Å². The normalized spacial score (nSPS) is 15.1. The molecule has 0 N–H and O–H groups in total. The lowest BCUT2D eigenvalue weighted by molar-refractivity contribution is -0.135. The van der Waals surface area contributed by atoms with Crippen LogP contribution in [0.2, 0.25) is 10.0 Å². The minimum Gasteiger partial charge on any atom is -0.491 e. The maximum absolute atomic E-state index is 13.6. The standard InChI is InChI=1S/C27H28Cl2N2O3S/c1-18(2)15-30(27(33)19-4-3-5-21(29)14-19)16-26(32)31-12-10-25-23(11-13-35-25)24(31)17-34-22-8-6-20(28)7-9-22/h3-9,11,13-14,18,24H,10,12,15-17H2,1-2H3. The van der Waals surface area contributed by atoms with Crippen LogP contribution in [0.4, 0.5) is 0 Å². The molecule has 0 saturated carbocycles. The van der Waals surface area contributed by atoms with Gasteiger partial charge in [-0.15, -0.1) is 11.3 Å². The molecule has 1 unspecified atom stereocenters. The number of carbonyl (C=O) groups excluding carboxylic acids is 2. The quantitative estimate of drug-likeness (QED) is 0.340. The van der Waals surface area contributed by atoms with Gasteiger partial charge in [0.25, 0.3) is 5.91 Å². The molecule has 184 valence electrons. The Morgan fingerprint density at radius 2 is 1.89 bits per heavy atom. The fourth-order valence-electron chi connectivity index (χ4n) is 4.30. The lowest BCUT2D eigenvalue weighted by Gasteiger charge is -2.37. The van der Waals surface area contributed by atoms with Crippen molar-refractivity contribution in [1.82, 2.24) is 9.80 Å². The highest BCUT2D eigenvalue weighted by atomic mass is 35.5. The van der Waals surface area contributed by atoms with Gasteiger partial charge in [0.15, 0.2) is 0 Å². The number of amides is 2. The van der Waals surface area contributed by atoms with Crippen LogP contribution in [0.5, 0.6) is 5.75 Å². The van der Waals surface area contributed by atoms with Crippen LogP contribution in [0.3, 0.4) is 0 Å². The van der Waals surface area contributed by atoms with Crippen LogP contribution in [-0.2, 0) is 11.2 Å². The number of carbonyl (C=O) groups is 2. The number of nitrogens with zero attached hydrogens (tertiary/aromatic N) is 2. The summed E-state index contributed by atoms with van der Waals surface area (Å²) in [5.74, 6) is 0.612. The molecule has 5 nitrogen and oxygen atoms in total. The van der Waals surface area contributed by atoms with Crippen LogP contribution in [-0.4, -0.2) is 47.9 Å². The van der Waals surface area contributed by atoms with Crippen molar-refractivity contribution in [3.63, 3.8) is 0 Å². The maximum Gasteiger partial charge on any atom is 0.254 e. The molecule has 0 spiro atoms. The zero-order valence-electron chi connectivity index (χ0n) is 19.7. The van der Waals surface area contributed by atoms with E-state index in [1.807, 2.05) is 30.9 Å². The van der Waals surface area contributed by atoms with Gasteiger partial charge in [-0.05, 0) is 71.8 Å². The summed E-state index contributed by atoms with van der Waals surface area (Å²) in [4.78, 5) is 31.7. The molecule has 35 heavy (non-hydrogen) atoms. The summed E-state index contributed by atoms with van der Waals surface area (Å²) in [5.41, 5.74) is 1.59. The molecular formula is C27H28Cl2N2O3S. The second kappa shape index (κ2) is 11.5. The highest BCUT2D eigenvalue weighted by Crippen LogP contribution is 2.34. The summed E-state index contributed by atoms with van der Waals surface area (Å²) < 4.78 is 6.06. The molecule has 2 heterocycles. The van der Waals surface area contributed by atoms with Gasteiger partial charge in [0.1, 0.15) is 18.9 Å². The summed E-state index contributed by atoms with van der Waals surface area (Å²) >= 11 is 13.8. The van der Waals surface area contributed by atoms with Gasteiger partial charge in [0.2, 0.25) is 5.91 Å². The Morgan fingerprint density at radius 3 is 2.60 bits per heavy atom. The summed E-state index contributed by atoms with van der Waals surface area (Å²) in [7, 11) is 0. The first-order chi connectivity index (χ1) is 16.8. The molecule has 1 atom stereocenters. The molecule has 1 aromatic heterocycles. The van der Waals surface area contributed by atoms with Crippen molar-refractivity contribution in [2.45, 2.75) is 26.3 Å². The molecule has 3 aromatic rings. The molecular weight excluding hydrogens is 503 g/mol. The van der Waals surface area contributed by atoms with Gasteiger partial charge in [-0.2, -0.15) is 0 Å². The lowest BCUT2D eigenvalue weighted by Crippen LogP contribution is -2.48. The highest BCUT2D eigenvalue weighted by Gasteiger charge is 2.33. The number of thiophene rings is 1. The second-order valence-corrected chi connectivity index (χ2v) is 10.9. The molecule has 2 amide bonds. The van der Waals surface area contributed by atoms with E-state index in [1.54, 1.807) is 52.6 Å². The number of halogens is 2. The van der Waals surface area contributed by atoms with Crippen molar-refractivity contribution in [1.29, 1.82) is 0 Å². The van der Waals surface area contributed by atoms with E-state index >= 15 is 0 Å². The van der Waals surface area contributed by atoms with Crippen LogP contribution in [0.1, 0.15) is 40.7 Å². The van der Waals surface area contributed by atoms with Gasteiger partial charge in [0, 0.05) is 33.6 Å². The molecule has 0 saturated heterocycles. The highest BCUT2D eigenvalue weighted by molar-refractivity contribution is 7.10. The van der Waals surface area contributed by atoms with E-state index in [0.29, 0.717) is 41.1 Å². The van der Waals surface area contributed by atoms with Crippen LogP contribution in [0, 0.1) is 5.92 Å². The number of fused-ring (bicyclic) bond motifs is 1. The van der Waals surface area contributed by atoms with E-state index in [0.717, 1.165) is 12.0 Å². The molecule has 0 aliphatic carbocycles. The molecule has 2 aromatic carbocycles. The fraction of sp³-hybridized carbons (Fsp3) is 0.333. The van der Waals surface area contributed by atoms with Gasteiger partial charge in [-0.25, -0.2) is 0 Å². The summed E-state index contributed by atoms with van der Waals surface area (Å²) in [6.45, 7) is 5.44. The predicted octanol–water partition coefficient (Wildman–Crippen LogP) is 6.36. The zero-order valence-corrected chi connectivity index (χ0v) is 22.1. The topological polar surface area (TPSA) is 49.9 Å². The lowest BCUT2D eigenvalue weighted by atomic mass is 10.00. The Bertz CT molecular complexity index is 1180. The number of hydrogen-bond donors (Lipinski definition) is 0. The molecule has 8 heteroatoms. The van der Waals surface area contributed by atoms with Gasteiger partial charge >= 0.3 is 0 Å². The van der Waals surface area contributed by atoms with E-state index in [-0.39, 0.29) is 30.3 Å². The Hall–Kier alpha value is -2.54. The molecule has 1 aliphatic heterocycles. The average molecular weight is 532 g/mol. The van der Waals surface area contributed by atoms with Crippen molar-refractivity contribution in [3.8, 4) is 5.75 Å². The van der Waals surface area contributed by atoms with Gasteiger partial charge in [-0.3, -0.25) is 9.59 Å². The molecule has 4 rings (SSSR count). The third-order valence-electron chi connectivity index (χ3n) is 5.91. The first kappa shape index (κ1) is 25.5. The third kappa shape index (κ3) is 6.37. The van der Waals surface area contributed by atoms with E-state index in [4.69, 9.17) is 27.9 Å². The van der Waals surface area contributed by atoms with Crippen LogP contribution >= 0.6 is 34.5 Å². The molecule has 0 radical (unpaired) electrons. The summed E-state index contributed by atoms with van der Waals surface area (Å²) in [6, 6.07) is 15.9. The number of benzene rings is 2. The summed E-state index contributed by atoms with van der Waals surface area (Å²) in [6.07, 6.45) is 0.794. The van der Waals surface area contributed by atoms with Crippen molar-refractivity contribution < 1.29 is 14.3 Å². The van der Waals surface area contributed by atoms with E-state index in [1.165, 1.54) is 4.88 Å². The molecule has 1 aliphatic rings. The Morgan fingerprint density at radius 1 is 1.11 bits per heavy atom. The second-order valence-electron chi connectivity index (χ2n) is 9.01. The first-order valence-electron chi connectivity index (χ1n) is 11.6. The summed E-state index contributed by atoms with van der Waals surface area (Å²) in [5, 5.41) is 3.19. The monoisotopic (exact) mass is 530 g/mol. The van der Waals surface area contributed by atoms with E-state index < -0.39 is 0 Å². The fourth-order valence-corrected chi connectivity index (χ4v) is 5.54. The van der Waals surface area contributed by atoms with Crippen molar-refractivity contribution in [2.24, 2.45) is 5.92 Å². The Kier molecular flexibility index (Phi) is 8.37.